The van der Waals surface area contributed by atoms with Gasteiger partial charge in [0.05, 0.1) is 0 Å². The fraction of sp³-hybridized carbons (Fsp3) is 0.158. The lowest BCUT2D eigenvalue weighted by atomic mass is 10.2. The summed E-state index contributed by atoms with van der Waals surface area (Å²) in [5.41, 5.74) is 0.562. The second-order valence-corrected chi connectivity index (χ2v) is 6.42. The number of halogens is 1. The Hall–Kier alpha value is -2.73. The second kappa shape index (κ2) is 7.44. The number of ether oxygens (including phenoxy) is 1. The average Bonchev–Trinajstić information content (AvgIpc) is 3.06. The van der Waals surface area contributed by atoms with Crippen LogP contribution >= 0.6 is 11.3 Å². The molecule has 0 aliphatic carbocycles. The zero-order valence-corrected chi connectivity index (χ0v) is 14.4. The lowest BCUT2D eigenvalue weighted by Gasteiger charge is -2.20. The van der Waals surface area contributed by atoms with Gasteiger partial charge in [-0.2, -0.15) is 0 Å². The fourth-order valence-electron chi connectivity index (χ4n) is 2.48. The van der Waals surface area contributed by atoms with Crippen molar-refractivity contribution in [3.05, 3.63) is 65.3 Å². The van der Waals surface area contributed by atoms with Gasteiger partial charge in [-0.25, -0.2) is 9.18 Å². The van der Waals surface area contributed by atoms with Gasteiger partial charge in [0.15, 0.2) is 6.61 Å². The number of benzene rings is 2. The van der Waals surface area contributed by atoms with Gasteiger partial charge < -0.3 is 9.64 Å². The van der Waals surface area contributed by atoms with Crippen LogP contribution < -0.4 is 4.90 Å². The molecule has 0 saturated heterocycles. The number of anilines is 1. The molecule has 0 radical (unpaired) electrons. The van der Waals surface area contributed by atoms with Crippen LogP contribution in [0.3, 0.4) is 0 Å². The van der Waals surface area contributed by atoms with E-state index < -0.39 is 5.97 Å². The molecule has 1 heterocycles. The van der Waals surface area contributed by atoms with Crippen molar-refractivity contribution in [3.8, 4) is 0 Å². The lowest BCUT2D eigenvalue weighted by Crippen LogP contribution is -2.34. The molecule has 3 rings (SSSR count). The van der Waals surface area contributed by atoms with Crippen LogP contribution in [-0.2, 0) is 9.53 Å². The van der Waals surface area contributed by atoms with Gasteiger partial charge in [0.25, 0.3) is 5.91 Å². The number of nitrogens with zero attached hydrogens (tertiary/aromatic N) is 1. The zero-order valence-electron chi connectivity index (χ0n) is 13.6. The fourth-order valence-corrected chi connectivity index (χ4v) is 3.44. The van der Waals surface area contributed by atoms with E-state index in [0.717, 1.165) is 10.1 Å². The summed E-state index contributed by atoms with van der Waals surface area (Å²) in [5.74, 6) is -1.25. The van der Waals surface area contributed by atoms with Crippen molar-refractivity contribution in [3.63, 3.8) is 0 Å². The highest BCUT2D eigenvalue weighted by molar-refractivity contribution is 7.20. The van der Waals surface area contributed by atoms with Gasteiger partial charge >= 0.3 is 5.97 Å². The van der Waals surface area contributed by atoms with Gasteiger partial charge in [0.1, 0.15) is 10.7 Å². The Morgan fingerprint density at radius 3 is 2.52 bits per heavy atom. The molecular formula is C19H16FNO3S. The molecule has 1 aromatic heterocycles. The van der Waals surface area contributed by atoms with E-state index in [-0.39, 0.29) is 18.3 Å². The smallest absolute Gasteiger partial charge is 0.348 e. The third kappa shape index (κ3) is 3.85. The summed E-state index contributed by atoms with van der Waals surface area (Å²) in [6.45, 7) is 1.83. The molecule has 0 unspecified atom stereocenters. The highest BCUT2D eigenvalue weighted by Gasteiger charge is 2.18. The minimum Gasteiger partial charge on any atom is -0.451 e. The summed E-state index contributed by atoms with van der Waals surface area (Å²) < 4.78 is 19.2. The third-order valence-electron chi connectivity index (χ3n) is 3.71. The molecule has 0 saturated carbocycles. The summed E-state index contributed by atoms with van der Waals surface area (Å²) in [6, 6.07) is 15.0. The molecule has 3 aromatic rings. The van der Waals surface area contributed by atoms with E-state index in [4.69, 9.17) is 4.74 Å². The first kappa shape index (κ1) is 17.1. The lowest BCUT2D eigenvalue weighted by molar-refractivity contribution is -0.121. The molecule has 25 heavy (non-hydrogen) atoms. The van der Waals surface area contributed by atoms with E-state index in [1.807, 2.05) is 24.3 Å². The van der Waals surface area contributed by atoms with Crippen LogP contribution in [0.1, 0.15) is 16.6 Å². The van der Waals surface area contributed by atoms with Crippen LogP contribution in [-0.4, -0.2) is 25.0 Å². The van der Waals surface area contributed by atoms with Crippen LogP contribution in [0.25, 0.3) is 10.1 Å². The summed E-state index contributed by atoms with van der Waals surface area (Å²) in [6.07, 6.45) is 0. The van der Waals surface area contributed by atoms with Crippen LogP contribution in [0, 0.1) is 5.82 Å². The topological polar surface area (TPSA) is 46.6 Å². The molecule has 0 bridgehead atoms. The van der Waals surface area contributed by atoms with Crippen LogP contribution in [0.2, 0.25) is 0 Å². The van der Waals surface area contributed by atoms with E-state index in [1.165, 1.54) is 40.5 Å². The van der Waals surface area contributed by atoms with Gasteiger partial charge in [0.2, 0.25) is 0 Å². The van der Waals surface area contributed by atoms with Crippen molar-refractivity contribution >= 4 is 39.0 Å². The molecule has 0 aliphatic heterocycles. The highest BCUT2D eigenvalue weighted by Crippen LogP contribution is 2.25. The summed E-state index contributed by atoms with van der Waals surface area (Å²) >= 11 is 1.33. The maximum Gasteiger partial charge on any atom is 0.348 e. The maximum absolute atomic E-state index is 13.0. The van der Waals surface area contributed by atoms with E-state index in [9.17, 15) is 14.0 Å². The van der Waals surface area contributed by atoms with E-state index in [1.54, 1.807) is 13.0 Å². The summed E-state index contributed by atoms with van der Waals surface area (Å²) in [4.78, 5) is 26.4. The molecule has 4 nitrogen and oxygen atoms in total. The number of hydrogen-bond donors (Lipinski definition) is 0. The van der Waals surface area contributed by atoms with Crippen LogP contribution in [0.5, 0.6) is 0 Å². The standard InChI is InChI=1S/C19H16FNO3S/c1-2-21(15-9-7-14(20)8-10-15)18(22)12-24-19(23)17-11-13-5-3-4-6-16(13)25-17/h3-11H,2,12H2,1H3. The molecule has 0 spiro atoms. The molecule has 0 fully saturated rings. The van der Waals surface area contributed by atoms with Gasteiger partial charge in [-0.1, -0.05) is 18.2 Å². The Kier molecular flexibility index (Phi) is 5.09. The zero-order chi connectivity index (χ0) is 17.8. The molecule has 0 aliphatic rings. The van der Waals surface area contributed by atoms with E-state index >= 15 is 0 Å². The minimum atomic E-state index is -0.523. The van der Waals surface area contributed by atoms with Crippen molar-refractivity contribution in [2.75, 3.05) is 18.1 Å². The van der Waals surface area contributed by atoms with E-state index in [2.05, 4.69) is 0 Å². The molecular weight excluding hydrogens is 341 g/mol. The Morgan fingerprint density at radius 1 is 1.12 bits per heavy atom. The number of carbonyl (C=O) groups excluding carboxylic acids is 2. The maximum atomic E-state index is 13.0. The molecule has 2 aromatic carbocycles. The molecule has 0 N–H and O–H groups in total. The van der Waals surface area contributed by atoms with Crippen molar-refractivity contribution in [2.45, 2.75) is 6.92 Å². The molecule has 128 valence electrons. The Bertz CT molecular complexity index is 871. The minimum absolute atomic E-state index is 0.358. The number of carbonyl (C=O) groups is 2. The Morgan fingerprint density at radius 2 is 1.84 bits per heavy atom. The first-order valence-electron chi connectivity index (χ1n) is 7.80. The third-order valence-corrected chi connectivity index (χ3v) is 4.81. The Labute approximate surface area is 148 Å². The number of esters is 1. The number of fused-ring (bicyclic) bond motifs is 1. The van der Waals surface area contributed by atoms with Gasteiger partial charge in [-0.05, 0) is 48.7 Å². The van der Waals surface area contributed by atoms with Crippen molar-refractivity contribution < 1.29 is 18.7 Å². The van der Waals surface area contributed by atoms with Crippen molar-refractivity contribution in [2.24, 2.45) is 0 Å². The first-order chi connectivity index (χ1) is 12.1. The number of thiophene rings is 1. The van der Waals surface area contributed by atoms with Gasteiger partial charge in [-0.15, -0.1) is 11.3 Å². The van der Waals surface area contributed by atoms with Crippen LogP contribution in [0.4, 0.5) is 10.1 Å². The molecule has 1 amide bonds. The van der Waals surface area contributed by atoms with Crippen molar-refractivity contribution in [1.29, 1.82) is 0 Å². The molecule has 6 heteroatoms. The van der Waals surface area contributed by atoms with E-state index in [0.29, 0.717) is 17.1 Å². The predicted molar refractivity (Wildman–Crippen MR) is 96.5 cm³/mol. The predicted octanol–water partition coefficient (Wildman–Crippen LogP) is 4.25. The van der Waals surface area contributed by atoms with Crippen molar-refractivity contribution in [1.82, 2.24) is 0 Å². The largest absolute Gasteiger partial charge is 0.451 e. The Balaban J connectivity index is 1.65. The normalized spacial score (nSPS) is 10.6. The monoisotopic (exact) mass is 357 g/mol. The summed E-state index contributed by atoms with van der Waals surface area (Å²) in [7, 11) is 0. The van der Waals surface area contributed by atoms with Gasteiger partial charge in [0, 0.05) is 16.9 Å². The van der Waals surface area contributed by atoms with Crippen LogP contribution in [0.15, 0.2) is 54.6 Å². The number of hydrogen-bond acceptors (Lipinski definition) is 4. The second-order valence-electron chi connectivity index (χ2n) is 5.34. The number of rotatable bonds is 5. The number of amides is 1. The SMILES string of the molecule is CCN(C(=O)COC(=O)c1cc2ccccc2s1)c1ccc(F)cc1. The first-order valence-corrected chi connectivity index (χ1v) is 8.61. The summed E-state index contributed by atoms with van der Waals surface area (Å²) in [5, 5.41) is 0.965. The quantitative estimate of drug-likeness (QED) is 0.641. The average molecular weight is 357 g/mol. The van der Waals surface area contributed by atoms with Gasteiger partial charge in [-0.3, -0.25) is 4.79 Å². The highest BCUT2D eigenvalue weighted by atomic mass is 32.1. The molecule has 0 atom stereocenters. The number of likely N-dealkylation sites (N-methyl/N-ethyl adjacent to an activating group) is 1.